The number of aromatic nitrogens is 2. The quantitative estimate of drug-likeness (QED) is 0.289. The minimum atomic E-state index is -3.72. The first kappa shape index (κ1) is 23.7. The van der Waals surface area contributed by atoms with Gasteiger partial charge in [0.05, 0.1) is 23.4 Å². The van der Waals surface area contributed by atoms with Crippen molar-refractivity contribution in [1.29, 1.82) is 0 Å². The Labute approximate surface area is 193 Å². The van der Waals surface area contributed by atoms with Gasteiger partial charge in [-0.05, 0) is 43.3 Å². The summed E-state index contributed by atoms with van der Waals surface area (Å²) >= 11 is 2.29. The number of carbonyl (C=O) groups excluding carboxylic acids is 2. The van der Waals surface area contributed by atoms with Crippen LogP contribution in [-0.2, 0) is 19.6 Å². The van der Waals surface area contributed by atoms with Crippen molar-refractivity contribution in [2.24, 2.45) is 0 Å². The van der Waals surface area contributed by atoms with Gasteiger partial charge >= 0.3 is 5.97 Å². The molecule has 3 aromatic rings. The van der Waals surface area contributed by atoms with Gasteiger partial charge in [0.15, 0.2) is 4.34 Å². The van der Waals surface area contributed by atoms with E-state index in [9.17, 15) is 18.0 Å². The van der Waals surface area contributed by atoms with Crippen LogP contribution in [0.15, 0.2) is 57.8 Å². The highest BCUT2D eigenvalue weighted by molar-refractivity contribution is 8.01. The molecule has 0 spiro atoms. The third-order valence-electron chi connectivity index (χ3n) is 4.34. The minimum absolute atomic E-state index is 0.0968. The summed E-state index contributed by atoms with van der Waals surface area (Å²) < 4.78 is 31.9. The molecule has 0 aliphatic rings. The maximum atomic E-state index is 12.8. The Morgan fingerprint density at radius 1 is 1.09 bits per heavy atom. The third-order valence-corrected chi connectivity index (χ3v) is 8.09. The second-order valence-electron chi connectivity index (χ2n) is 6.52. The Hall–Kier alpha value is -2.96. The summed E-state index contributed by atoms with van der Waals surface area (Å²) in [5.74, 6) is -0.703. The Bertz CT molecular complexity index is 1210. The Balaban J connectivity index is 1.66. The van der Waals surface area contributed by atoms with E-state index in [1.54, 1.807) is 36.4 Å². The topological polar surface area (TPSA) is 119 Å². The Kier molecular flexibility index (Phi) is 7.48. The van der Waals surface area contributed by atoms with Gasteiger partial charge in [-0.1, -0.05) is 40.8 Å². The molecule has 1 aromatic heterocycles. The van der Waals surface area contributed by atoms with Gasteiger partial charge in [0.2, 0.25) is 5.13 Å². The van der Waals surface area contributed by atoms with E-state index in [4.69, 9.17) is 0 Å². The number of rotatable bonds is 8. The number of aryl methyl sites for hydroxylation is 1. The molecule has 0 saturated heterocycles. The molecule has 0 saturated carbocycles. The second kappa shape index (κ2) is 10.1. The molecule has 3 rings (SSSR count). The van der Waals surface area contributed by atoms with E-state index in [1.807, 2.05) is 6.92 Å². The Morgan fingerprint density at radius 2 is 1.75 bits per heavy atom. The average Bonchev–Trinajstić information content (AvgIpc) is 3.24. The van der Waals surface area contributed by atoms with Crippen LogP contribution in [0.2, 0.25) is 0 Å². The van der Waals surface area contributed by atoms with Crippen LogP contribution in [0.4, 0.5) is 10.8 Å². The van der Waals surface area contributed by atoms with E-state index < -0.39 is 15.9 Å². The number of nitrogens with one attached hydrogen (secondary N) is 1. The SMILES string of the molecule is COC(=O)CSc1nnc(NC(=O)c2ccc(N(C)S(=O)(=O)c3ccc(C)cc3)cc2)s1. The Morgan fingerprint density at radius 3 is 2.38 bits per heavy atom. The molecule has 32 heavy (non-hydrogen) atoms. The van der Waals surface area contributed by atoms with Gasteiger partial charge in [-0.2, -0.15) is 0 Å². The van der Waals surface area contributed by atoms with E-state index in [0.717, 1.165) is 33.0 Å². The summed E-state index contributed by atoms with van der Waals surface area (Å²) in [5.41, 5.74) is 1.71. The first-order chi connectivity index (χ1) is 15.2. The zero-order valence-corrected chi connectivity index (χ0v) is 19.9. The van der Waals surface area contributed by atoms with Crippen molar-refractivity contribution >= 4 is 55.8 Å². The van der Waals surface area contributed by atoms with Crippen molar-refractivity contribution in [1.82, 2.24) is 10.2 Å². The van der Waals surface area contributed by atoms with Crippen LogP contribution in [0.25, 0.3) is 0 Å². The molecule has 0 radical (unpaired) electrons. The van der Waals surface area contributed by atoms with Crippen LogP contribution < -0.4 is 9.62 Å². The predicted octanol–water partition coefficient (Wildman–Crippen LogP) is 3.19. The van der Waals surface area contributed by atoms with Crippen molar-refractivity contribution < 1.29 is 22.7 Å². The normalized spacial score (nSPS) is 11.1. The van der Waals surface area contributed by atoms with Crippen molar-refractivity contribution in [3.8, 4) is 0 Å². The highest BCUT2D eigenvalue weighted by Crippen LogP contribution is 2.26. The minimum Gasteiger partial charge on any atom is -0.468 e. The average molecular weight is 493 g/mol. The number of methoxy groups -OCH3 is 1. The fourth-order valence-corrected chi connectivity index (χ4v) is 5.27. The van der Waals surface area contributed by atoms with Gasteiger partial charge in [0.1, 0.15) is 0 Å². The zero-order valence-electron chi connectivity index (χ0n) is 17.4. The lowest BCUT2D eigenvalue weighted by molar-refractivity contribution is -0.137. The number of amides is 1. The van der Waals surface area contributed by atoms with E-state index in [-0.39, 0.29) is 21.7 Å². The van der Waals surface area contributed by atoms with Crippen molar-refractivity contribution in [3.05, 3.63) is 59.7 Å². The fraction of sp³-hybridized carbons (Fsp3) is 0.200. The van der Waals surface area contributed by atoms with E-state index >= 15 is 0 Å². The molecule has 9 nitrogen and oxygen atoms in total. The molecular formula is C20H20N4O5S3. The molecule has 2 aromatic carbocycles. The molecule has 0 fully saturated rings. The van der Waals surface area contributed by atoms with Gasteiger partial charge in [0.25, 0.3) is 15.9 Å². The number of anilines is 2. The summed E-state index contributed by atoms with van der Waals surface area (Å²) in [6.07, 6.45) is 0. The number of benzene rings is 2. The van der Waals surface area contributed by atoms with E-state index in [1.165, 1.54) is 26.3 Å². The van der Waals surface area contributed by atoms with Crippen LogP contribution >= 0.6 is 23.1 Å². The summed E-state index contributed by atoms with van der Waals surface area (Å²) in [4.78, 5) is 23.9. The summed E-state index contributed by atoms with van der Waals surface area (Å²) in [6, 6.07) is 12.8. The standard InChI is InChI=1S/C20H20N4O5S3/c1-13-4-10-16(11-5-13)32(27,28)24(2)15-8-6-14(7-9-15)18(26)21-19-22-23-20(31-19)30-12-17(25)29-3/h4-11H,12H2,1-3H3,(H,21,22,26). The van der Waals surface area contributed by atoms with Gasteiger partial charge in [-0.15, -0.1) is 10.2 Å². The molecule has 168 valence electrons. The van der Waals surface area contributed by atoms with Crippen molar-refractivity contribution in [2.75, 3.05) is 29.5 Å². The number of thioether (sulfide) groups is 1. The lowest BCUT2D eigenvalue weighted by Crippen LogP contribution is -2.26. The smallest absolute Gasteiger partial charge is 0.316 e. The number of esters is 1. The number of nitrogens with zero attached hydrogens (tertiary/aromatic N) is 3. The number of ether oxygens (including phenoxy) is 1. The lowest BCUT2D eigenvalue weighted by Gasteiger charge is -2.19. The van der Waals surface area contributed by atoms with Crippen LogP contribution in [0.1, 0.15) is 15.9 Å². The van der Waals surface area contributed by atoms with Gasteiger partial charge in [-0.3, -0.25) is 19.2 Å². The van der Waals surface area contributed by atoms with Crippen molar-refractivity contribution in [3.63, 3.8) is 0 Å². The van der Waals surface area contributed by atoms with E-state index in [2.05, 4.69) is 20.3 Å². The first-order valence-corrected chi connectivity index (χ1v) is 12.4. The van der Waals surface area contributed by atoms with Crippen LogP contribution in [0.3, 0.4) is 0 Å². The van der Waals surface area contributed by atoms with Crippen molar-refractivity contribution in [2.45, 2.75) is 16.2 Å². The molecule has 1 N–H and O–H groups in total. The second-order valence-corrected chi connectivity index (χ2v) is 10.7. The first-order valence-electron chi connectivity index (χ1n) is 9.21. The number of hydrogen-bond acceptors (Lipinski definition) is 9. The molecule has 12 heteroatoms. The summed E-state index contributed by atoms with van der Waals surface area (Å²) in [5, 5.41) is 10.7. The summed E-state index contributed by atoms with van der Waals surface area (Å²) in [7, 11) is -0.962. The largest absolute Gasteiger partial charge is 0.468 e. The molecule has 0 unspecified atom stereocenters. The third kappa shape index (κ3) is 5.64. The maximum absolute atomic E-state index is 12.8. The van der Waals surface area contributed by atoms with Crippen LogP contribution in [0.5, 0.6) is 0 Å². The zero-order chi connectivity index (χ0) is 23.3. The van der Waals surface area contributed by atoms with Gasteiger partial charge < -0.3 is 4.74 Å². The van der Waals surface area contributed by atoms with Crippen LogP contribution in [-0.4, -0.2) is 50.4 Å². The molecule has 0 aliphatic heterocycles. The maximum Gasteiger partial charge on any atom is 0.316 e. The lowest BCUT2D eigenvalue weighted by atomic mass is 10.2. The highest BCUT2D eigenvalue weighted by Gasteiger charge is 2.21. The van der Waals surface area contributed by atoms with Gasteiger partial charge in [-0.25, -0.2) is 8.42 Å². The number of sulfonamides is 1. The number of hydrogen-bond donors (Lipinski definition) is 1. The number of carbonyl (C=O) groups is 2. The van der Waals surface area contributed by atoms with Crippen LogP contribution in [0, 0.1) is 6.92 Å². The summed E-state index contributed by atoms with van der Waals surface area (Å²) in [6.45, 7) is 1.88. The molecule has 0 aliphatic carbocycles. The van der Waals surface area contributed by atoms with Gasteiger partial charge in [0, 0.05) is 12.6 Å². The molecular weight excluding hydrogens is 472 g/mol. The monoisotopic (exact) mass is 492 g/mol. The molecule has 1 heterocycles. The predicted molar refractivity (Wildman–Crippen MR) is 124 cm³/mol. The van der Waals surface area contributed by atoms with E-state index in [0.29, 0.717) is 15.6 Å². The molecule has 1 amide bonds. The molecule has 0 atom stereocenters. The highest BCUT2D eigenvalue weighted by atomic mass is 32.2. The molecule has 0 bridgehead atoms. The fourth-order valence-electron chi connectivity index (χ4n) is 2.50.